The Kier molecular flexibility index (Phi) is 8.41. The van der Waals surface area contributed by atoms with Crippen molar-refractivity contribution in [3.05, 3.63) is 47.7 Å². The van der Waals surface area contributed by atoms with Gasteiger partial charge in [-0.3, -0.25) is 4.90 Å². The topological polar surface area (TPSA) is 90.6 Å². The Morgan fingerprint density at radius 1 is 1.11 bits per heavy atom. The highest BCUT2D eigenvalue weighted by molar-refractivity contribution is 5.75. The zero-order chi connectivity index (χ0) is 26.6. The van der Waals surface area contributed by atoms with E-state index in [1.165, 1.54) is 5.56 Å². The first-order chi connectivity index (χ1) is 17.6. The van der Waals surface area contributed by atoms with E-state index in [4.69, 9.17) is 5.73 Å². The molecule has 2 saturated heterocycles. The minimum atomic E-state index is -4.60. The molecule has 2 aliphatic rings. The molecule has 37 heavy (non-hydrogen) atoms. The summed E-state index contributed by atoms with van der Waals surface area (Å²) in [5.41, 5.74) is 5.84. The van der Waals surface area contributed by atoms with Gasteiger partial charge in [0.05, 0.1) is 0 Å². The first kappa shape index (κ1) is 27.0. The van der Waals surface area contributed by atoms with Crippen molar-refractivity contribution < 1.29 is 18.0 Å². The van der Waals surface area contributed by atoms with E-state index < -0.39 is 17.6 Å². The molecule has 2 aliphatic heterocycles. The first-order valence-corrected chi connectivity index (χ1v) is 12.9. The molecule has 0 unspecified atom stereocenters. The number of nitrogens with one attached hydrogen (secondary N) is 1. The van der Waals surface area contributed by atoms with Crippen molar-refractivity contribution in [1.29, 1.82) is 0 Å². The van der Waals surface area contributed by atoms with Gasteiger partial charge in [0, 0.05) is 44.5 Å². The van der Waals surface area contributed by atoms with Crippen LogP contribution in [0.25, 0.3) is 0 Å². The highest BCUT2D eigenvalue weighted by atomic mass is 19.4. The molecule has 1 aromatic heterocycles. The van der Waals surface area contributed by atoms with Crippen LogP contribution in [0.2, 0.25) is 0 Å². The third kappa shape index (κ3) is 6.82. The summed E-state index contributed by atoms with van der Waals surface area (Å²) in [5.74, 6) is 0.146. The molecule has 0 saturated carbocycles. The molecule has 2 fully saturated rings. The van der Waals surface area contributed by atoms with Gasteiger partial charge in [0.1, 0.15) is 11.4 Å². The number of anilines is 2. The average molecular weight is 520 g/mol. The maximum Gasteiger partial charge on any atom is 0.421 e. The predicted molar refractivity (Wildman–Crippen MR) is 137 cm³/mol. The van der Waals surface area contributed by atoms with Crippen molar-refractivity contribution in [1.82, 2.24) is 25.1 Å². The van der Waals surface area contributed by atoms with Crippen molar-refractivity contribution in [2.24, 2.45) is 5.92 Å². The van der Waals surface area contributed by atoms with Crippen LogP contribution in [0.15, 0.2) is 36.5 Å². The maximum absolute atomic E-state index is 13.0. The normalized spacial score (nSPS) is 21.8. The van der Waals surface area contributed by atoms with Crippen molar-refractivity contribution >= 4 is 17.8 Å². The Balaban J connectivity index is 1.22. The molecule has 0 aliphatic carbocycles. The van der Waals surface area contributed by atoms with Gasteiger partial charge in [-0.1, -0.05) is 30.3 Å². The van der Waals surface area contributed by atoms with Crippen LogP contribution in [0.3, 0.4) is 0 Å². The fraction of sp³-hybridized carbons (Fsp3) is 0.577. The molecule has 1 aromatic carbocycles. The van der Waals surface area contributed by atoms with Crippen LogP contribution < -0.4 is 16.0 Å². The Bertz CT molecular complexity index is 1030. The number of rotatable bonds is 6. The summed E-state index contributed by atoms with van der Waals surface area (Å²) in [7, 11) is 0. The van der Waals surface area contributed by atoms with Gasteiger partial charge in [-0.05, 0) is 57.7 Å². The number of nitrogens with two attached hydrogens (primary N) is 1. The van der Waals surface area contributed by atoms with Crippen molar-refractivity contribution in [2.45, 2.75) is 57.9 Å². The van der Waals surface area contributed by atoms with Crippen LogP contribution in [0.4, 0.5) is 29.7 Å². The van der Waals surface area contributed by atoms with Crippen molar-refractivity contribution in [3.8, 4) is 0 Å². The highest BCUT2D eigenvalue weighted by Gasteiger charge is 2.37. The van der Waals surface area contributed by atoms with Gasteiger partial charge in [-0.2, -0.15) is 18.2 Å². The largest absolute Gasteiger partial charge is 0.421 e. The van der Waals surface area contributed by atoms with Crippen LogP contribution in [-0.2, 0) is 12.7 Å². The third-order valence-corrected chi connectivity index (χ3v) is 7.33. The number of piperidine rings is 1. The fourth-order valence-corrected chi connectivity index (χ4v) is 5.39. The van der Waals surface area contributed by atoms with Gasteiger partial charge in [-0.15, -0.1) is 0 Å². The summed E-state index contributed by atoms with van der Waals surface area (Å²) >= 11 is 0. The number of benzene rings is 1. The van der Waals surface area contributed by atoms with Crippen molar-refractivity contribution in [3.63, 3.8) is 0 Å². The molecule has 3 N–H and O–H groups in total. The van der Waals surface area contributed by atoms with Gasteiger partial charge >= 0.3 is 12.2 Å². The molecule has 0 bridgehead atoms. The highest BCUT2D eigenvalue weighted by Crippen LogP contribution is 2.33. The fourth-order valence-electron chi connectivity index (χ4n) is 5.39. The Hall–Kier alpha value is -3.08. The van der Waals surface area contributed by atoms with Crippen molar-refractivity contribution in [2.75, 3.05) is 43.4 Å². The predicted octanol–water partition coefficient (Wildman–Crippen LogP) is 3.99. The quantitative estimate of drug-likeness (QED) is 0.600. The van der Waals surface area contributed by atoms with Crippen LogP contribution >= 0.6 is 0 Å². The van der Waals surface area contributed by atoms with E-state index in [-0.39, 0.29) is 24.1 Å². The SMILES string of the molecule is C[C@@H]1CN(c2ncc(C(F)(F)F)c(N)n2)C[C@H](C)N1C(=O)NCCC1CCN(Cc2ccccc2)CC1. The molecule has 202 valence electrons. The van der Waals surface area contributed by atoms with E-state index in [0.29, 0.717) is 25.6 Å². The molecule has 2 amide bonds. The summed E-state index contributed by atoms with van der Waals surface area (Å²) in [6.45, 7) is 8.39. The lowest BCUT2D eigenvalue weighted by atomic mass is 9.93. The zero-order valence-corrected chi connectivity index (χ0v) is 21.4. The molecule has 2 aromatic rings. The number of amides is 2. The van der Waals surface area contributed by atoms with E-state index in [2.05, 4.69) is 44.5 Å². The van der Waals surface area contributed by atoms with Gasteiger partial charge in [0.15, 0.2) is 0 Å². The molecule has 0 radical (unpaired) electrons. The number of halogens is 3. The molecule has 0 spiro atoms. The Labute approximate surface area is 216 Å². The summed E-state index contributed by atoms with van der Waals surface area (Å²) in [4.78, 5) is 26.8. The zero-order valence-electron chi connectivity index (χ0n) is 21.4. The lowest BCUT2D eigenvalue weighted by Crippen LogP contribution is -2.61. The van der Waals surface area contributed by atoms with Gasteiger partial charge in [-0.25, -0.2) is 9.78 Å². The lowest BCUT2D eigenvalue weighted by molar-refractivity contribution is -0.137. The number of nitrogen functional groups attached to an aromatic ring is 1. The third-order valence-electron chi connectivity index (χ3n) is 7.33. The minimum absolute atomic E-state index is 0.117. The van der Waals surface area contributed by atoms with Crippen LogP contribution in [0.5, 0.6) is 0 Å². The number of hydrogen-bond acceptors (Lipinski definition) is 6. The maximum atomic E-state index is 13.0. The van der Waals surface area contributed by atoms with E-state index in [0.717, 1.165) is 45.1 Å². The van der Waals surface area contributed by atoms with E-state index in [1.807, 2.05) is 19.9 Å². The number of alkyl halides is 3. The van der Waals surface area contributed by atoms with E-state index in [1.54, 1.807) is 9.80 Å². The smallest absolute Gasteiger partial charge is 0.383 e. The van der Waals surface area contributed by atoms with Crippen LogP contribution in [0.1, 0.15) is 44.2 Å². The number of piperazine rings is 1. The molecule has 11 heteroatoms. The molecule has 3 heterocycles. The van der Waals surface area contributed by atoms with Crippen LogP contribution in [0, 0.1) is 5.92 Å². The number of hydrogen-bond donors (Lipinski definition) is 2. The first-order valence-electron chi connectivity index (χ1n) is 12.9. The van der Waals surface area contributed by atoms with E-state index >= 15 is 0 Å². The summed E-state index contributed by atoms with van der Waals surface area (Å²) in [5, 5.41) is 3.08. The standard InChI is InChI=1S/C26H36F3N7O/c1-18-15-35(24-32-14-22(23(30)33-24)26(27,28)29)16-19(2)36(18)25(37)31-11-8-20-9-12-34(13-10-20)17-21-6-4-3-5-7-21/h3-7,14,18-20H,8-13,15-17H2,1-2H3,(H,31,37)(H2,30,32,33)/t18-,19+. The number of carbonyl (C=O) groups excluding carboxylic acids is 1. The van der Waals surface area contributed by atoms with Gasteiger partial charge < -0.3 is 20.9 Å². The number of urea groups is 1. The summed E-state index contributed by atoms with van der Waals surface area (Å²) in [6, 6.07) is 10.1. The number of likely N-dealkylation sites (tertiary alicyclic amines) is 1. The molecular weight excluding hydrogens is 483 g/mol. The van der Waals surface area contributed by atoms with E-state index in [9.17, 15) is 18.0 Å². The minimum Gasteiger partial charge on any atom is -0.383 e. The van der Waals surface area contributed by atoms with Crippen LogP contribution in [-0.4, -0.2) is 70.6 Å². The van der Waals surface area contributed by atoms with Gasteiger partial charge in [0.25, 0.3) is 0 Å². The second kappa shape index (κ2) is 11.5. The summed E-state index contributed by atoms with van der Waals surface area (Å²) in [6.07, 6.45) is -0.668. The monoisotopic (exact) mass is 519 g/mol. The summed E-state index contributed by atoms with van der Waals surface area (Å²) < 4.78 is 38.9. The Morgan fingerprint density at radius 3 is 2.35 bits per heavy atom. The number of nitrogens with zero attached hydrogens (tertiary/aromatic N) is 5. The lowest BCUT2D eigenvalue weighted by Gasteiger charge is -2.44. The second-order valence-electron chi connectivity index (χ2n) is 10.2. The molecule has 8 nitrogen and oxygen atoms in total. The van der Waals surface area contributed by atoms with Gasteiger partial charge in [0.2, 0.25) is 5.95 Å². The molecule has 4 rings (SSSR count). The Morgan fingerprint density at radius 2 is 1.76 bits per heavy atom. The number of carbonyl (C=O) groups is 1. The number of aromatic nitrogens is 2. The molecular formula is C26H36F3N7O. The molecule has 2 atom stereocenters. The second-order valence-corrected chi connectivity index (χ2v) is 10.2. The average Bonchev–Trinajstić information content (AvgIpc) is 2.84.